The number of aromatic nitrogens is 2. The quantitative estimate of drug-likeness (QED) is 0.566. The van der Waals surface area contributed by atoms with Crippen molar-refractivity contribution in [2.45, 2.75) is 19.9 Å². The summed E-state index contributed by atoms with van der Waals surface area (Å²) in [5.41, 5.74) is 1.11. The second kappa shape index (κ2) is 7.09. The Balaban J connectivity index is 1.73. The molecule has 6 nitrogen and oxygen atoms in total. The van der Waals surface area contributed by atoms with E-state index < -0.39 is 6.04 Å². The fourth-order valence-corrected chi connectivity index (χ4v) is 4.31. The molecule has 0 fully saturated rings. The van der Waals surface area contributed by atoms with E-state index in [-0.39, 0.29) is 11.5 Å². The Hall–Kier alpha value is -3.19. The minimum atomic E-state index is -0.753. The van der Waals surface area contributed by atoms with E-state index in [0.717, 1.165) is 20.5 Å². The van der Waals surface area contributed by atoms with Gasteiger partial charge in [0.05, 0.1) is 22.9 Å². The summed E-state index contributed by atoms with van der Waals surface area (Å²) in [7, 11) is 1.58. The van der Waals surface area contributed by atoms with Gasteiger partial charge >= 0.3 is 0 Å². The molecule has 1 amide bonds. The molecule has 142 valence electrons. The van der Waals surface area contributed by atoms with Gasteiger partial charge in [0.25, 0.3) is 5.56 Å². The summed E-state index contributed by atoms with van der Waals surface area (Å²) in [6, 6.07) is 14.1. The van der Waals surface area contributed by atoms with Crippen molar-refractivity contribution in [2.24, 2.45) is 0 Å². The highest BCUT2D eigenvalue weighted by Gasteiger charge is 2.22. The van der Waals surface area contributed by atoms with Gasteiger partial charge in [0, 0.05) is 15.8 Å². The van der Waals surface area contributed by atoms with E-state index in [1.807, 2.05) is 31.2 Å². The van der Waals surface area contributed by atoms with Gasteiger partial charge in [-0.15, -0.1) is 11.3 Å². The van der Waals surface area contributed by atoms with Crippen molar-refractivity contribution in [3.63, 3.8) is 0 Å². The first-order valence-electron chi connectivity index (χ1n) is 8.85. The molecule has 0 aliphatic rings. The van der Waals surface area contributed by atoms with Gasteiger partial charge in [0.2, 0.25) is 5.91 Å². The predicted molar refractivity (Wildman–Crippen MR) is 112 cm³/mol. The molecule has 1 atom stereocenters. The van der Waals surface area contributed by atoms with Crippen molar-refractivity contribution < 1.29 is 9.53 Å². The van der Waals surface area contributed by atoms with Gasteiger partial charge in [0.15, 0.2) is 0 Å². The number of methoxy groups -OCH3 is 1. The number of fused-ring (bicyclic) bond motifs is 3. The average Bonchev–Trinajstić information content (AvgIpc) is 3.11. The number of ether oxygens (including phenoxy) is 1. The Morgan fingerprint density at radius 2 is 1.89 bits per heavy atom. The molecule has 1 N–H and O–H groups in total. The largest absolute Gasteiger partial charge is 0.497 e. The minimum Gasteiger partial charge on any atom is -0.497 e. The fraction of sp³-hybridized carbons (Fsp3) is 0.190. The number of nitrogens with one attached hydrogen (secondary N) is 1. The minimum absolute atomic E-state index is 0.254. The van der Waals surface area contributed by atoms with Crippen LogP contribution in [0.5, 0.6) is 5.75 Å². The number of nitrogens with zero attached hydrogens (tertiary/aromatic N) is 2. The molecule has 0 saturated heterocycles. The number of benzene rings is 2. The topological polar surface area (TPSA) is 73.2 Å². The van der Waals surface area contributed by atoms with Gasteiger partial charge in [-0.25, -0.2) is 4.68 Å². The molecular weight excluding hydrogens is 374 g/mol. The molecule has 4 rings (SSSR count). The number of hydrogen-bond acceptors (Lipinski definition) is 5. The number of aryl methyl sites for hydroxylation is 1. The first-order valence-corrected chi connectivity index (χ1v) is 9.67. The van der Waals surface area contributed by atoms with Crippen molar-refractivity contribution in [2.75, 3.05) is 12.4 Å². The van der Waals surface area contributed by atoms with Gasteiger partial charge < -0.3 is 10.1 Å². The van der Waals surface area contributed by atoms with E-state index in [1.165, 1.54) is 4.68 Å². The maximum absolute atomic E-state index is 13.1. The number of carbonyl (C=O) groups excluding carboxylic acids is 1. The van der Waals surface area contributed by atoms with Crippen LogP contribution in [0.3, 0.4) is 0 Å². The Morgan fingerprint density at radius 1 is 1.18 bits per heavy atom. The van der Waals surface area contributed by atoms with Crippen molar-refractivity contribution in [1.29, 1.82) is 0 Å². The molecule has 28 heavy (non-hydrogen) atoms. The normalized spacial score (nSPS) is 12.2. The van der Waals surface area contributed by atoms with Crippen molar-refractivity contribution in [3.8, 4) is 5.75 Å². The van der Waals surface area contributed by atoms with E-state index in [9.17, 15) is 9.59 Å². The lowest BCUT2D eigenvalue weighted by atomic mass is 10.2. The third-order valence-corrected chi connectivity index (χ3v) is 5.99. The van der Waals surface area contributed by atoms with E-state index in [1.54, 1.807) is 49.6 Å². The molecule has 0 aliphatic carbocycles. The van der Waals surface area contributed by atoms with Crippen LogP contribution < -0.4 is 15.6 Å². The first-order chi connectivity index (χ1) is 13.5. The zero-order valence-corrected chi connectivity index (χ0v) is 16.5. The molecule has 0 unspecified atom stereocenters. The van der Waals surface area contributed by atoms with Crippen LogP contribution >= 0.6 is 11.3 Å². The standard InChI is InChI=1S/C21H19N3O3S/c1-12-19-18(16-6-4-5-7-17(16)28-19)21(26)24(23-12)13(2)20(25)22-14-8-10-15(27-3)11-9-14/h4-11,13H,1-3H3,(H,22,25)/t13-/m1/s1. The second-order valence-electron chi connectivity index (χ2n) is 6.53. The van der Waals surface area contributed by atoms with Crippen molar-refractivity contribution in [3.05, 3.63) is 64.6 Å². The maximum atomic E-state index is 13.1. The highest BCUT2D eigenvalue weighted by Crippen LogP contribution is 2.33. The number of carbonyl (C=O) groups is 1. The van der Waals surface area contributed by atoms with Crippen LogP contribution in [0.1, 0.15) is 18.7 Å². The summed E-state index contributed by atoms with van der Waals surface area (Å²) in [5, 5.41) is 8.77. The first kappa shape index (κ1) is 18.2. The molecule has 0 bridgehead atoms. The number of rotatable bonds is 4. The molecule has 7 heteroatoms. The molecule has 4 aromatic rings. The summed E-state index contributed by atoms with van der Waals surface area (Å²) in [6.07, 6.45) is 0. The van der Waals surface area contributed by atoms with Crippen LogP contribution in [-0.2, 0) is 4.79 Å². The van der Waals surface area contributed by atoms with Crippen molar-refractivity contribution >= 4 is 43.1 Å². The predicted octanol–water partition coefficient (Wildman–Crippen LogP) is 4.13. The number of anilines is 1. The van der Waals surface area contributed by atoms with Gasteiger partial charge in [0.1, 0.15) is 11.8 Å². The summed E-state index contributed by atoms with van der Waals surface area (Å²) in [6.45, 7) is 3.54. The third kappa shape index (κ3) is 3.03. The lowest BCUT2D eigenvalue weighted by Crippen LogP contribution is -2.33. The molecule has 0 radical (unpaired) electrons. The summed E-state index contributed by atoms with van der Waals surface area (Å²) in [5.74, 6) is 0.396. The Morgan fingerprint density at radius 3 is 2.61 bits per heavy atom. The zero-order valence-electron chi connectivity index (χ0n) is 15.7. The highest BCUT2D eigenvalue weighted by molar-refractivity contribution is 7.26. The molecular formula is C21H19N3O3S. The van der Waals surface area contributed by atoms with Gasteiger partial charge in [-0.2, -0.15) is 5.10 Å². The van der Waals surface area contributed by atoms with Crippen LogP contribution in [0.25, 0.3) is 20.2 Å². The fourth-order valence-electron chi connectivity index (χ4n) is 3.17. The van der Waals surface area contributed by atoms with Crippen LogP contribution in [-0.4, -0.2) is 22.8 Å². The third-order valence-electron chi connectivity index (χ3n) is 4.71. The number of amides is 1. The molecule has 0 saturated carbocycles. The number of thiophene rings is 1. The average molecular weight is 393 g/mol. The molecule has 2 aromatic heterocycles. The zero-order chi connectivity index (χ0) is 19.8. The molecule has 2 aromatic carbocycles. The van der Waals surface area contributed by atoms with Crippen LogP contribution in [0, 0.1) is 6.92 Å². The van der Waals surface area contributed by atoms with Crippen molar-refractivity contribution in [1.82, 2.24) is 9.78 Å². The second-order valence-corrected chi connectivity index (χ2v) is 7.58. The van der Waals surface area contributed by atoms with Crippen LogP contribution in [0.15, 0.2) is 53.3 Å². The Bertz CT molecular complexity index is 1240. The summed E-state index contributed by atoms with van der Waals surface area (Å²) >= 11 is 1.55. The summed E-state index contributed by atoms with van der Waals surface area (Å²) < 4.78 is 8.30. The van der Waals surface area contributed by atoms with E-state index in [0.29, 0.717) is 16.8 Å². The lowest BCUT2D eigenvalue weighted by Gasteiger charge is -2.15. The van der Waals surface area contributed by atoms with Gasteiger partial charge in [-0.05, 0) is 44.2 Å². The van der Waals surface area contributed by atoms with Gasteiger partial charge in [-0.1, -0.05) is 18.2 Å². The SMILES string of the molecule is COc1ccc(NC(=O)[C@@H](C)n2nc(C)c3sc4ccccc4c3c2=O)cc1. The lowest BCUT2D eigenvalue weighted by molar-refractivity contribution is -0.119. The summed E-state index contributed by atoms with van der Waals surface area (Å²) in [4.78, 5) is 25.9. The Kier molecular flexibility index (Phi) is 4.60. The van der Waals surface area contributed by atoms with Gasteiger partial charge in [-0.3, -0.25) is 9.59 Å². The number of hydrogen-bond donors (Lipinski definition) is 1. The Labute approximate surface area is 165 Å². The van der Waals surface area contributed by atoms with E-state index in [2.05, 4.69) is 10.4 Å². The van der Waals surface area contributed by atoms with E-state index >= 15 is 0 Å². The molecule has 2 heterocycles. The molecule has 0 spiro atoms. The monoisotopic (exact) mass is 393 g/mol. The maximum Gasteiger partial charge on any atom is 0.276 e. The smallest absolute Gasteiger partial charge is 0.276 e. The highest BCUT2D eigenvalue weighted by atomic mass is 32.1. The van der Waals surface area contributed by atoms with Crippen LogP contribution in [0.4, 0.5) is 5.69 Å². The van der Waals surface area contributed by atoms with E-state index in [4.69, 9.17) is 4.74 Å². The molecule has 0 aliphatic heterocycles. The van der Waals surface area contributed by atoms with Crippen LogP contribution in [0.2, 0.25) is 0 Å².